The third-order valence-electron chi connectivity index (χ3n) is 4.97. The van der Waals surface area contributed by atoms with Gasteiger partial charge < -0.3 is 24.8 Å². The van der Waals surface area contributed by atoms with Gasteiger partial charge in [-0.05, 0) is 42.7 Å². The Labute approximate surface area is 152 Å². The van der Waals surface area contributed by atoms with Gasteiger partial charge in [-0.3, -0.25) is 4.79 Å². The zero-order chi connectivity index (χ0) is 18.1. The summed E-state index contributed by atoms with van der Waals surface area (Å²) in [5, 5.41) is 13.3. The molecular formula is C20H22N2O4. The number of nitrogens with zero attached hydrogens (tertiary/aromatic N) is 1. The smallest absolute Gasteiger partial charge is 0.257 e. The predicted octanol–water partition coefficient (Wildman–Crippen LogP) is 3.15. The van der Waals surface area contributed by atoms with E-state index in [-0.39, 0.29) is 23.9 Å². The minimum absolute atomic E-state index is 0.0214. The highest BCUT2D eigenvalue weighted by atomic mass is 16.5. The Morgan fingerprint density at radius 3 is 2.92 bits per heavy atom. The zero-order valence-electron chi connectivity index (χ0n) is 14.6. The summed E-state index contributed by atoms with van der Waals surface area (Å²) in [5.41, 5.74) is 2.31. The molecule has 0 aromatic heterocycles. The summed E-state index contributed by atoms with van der Waals surface area (Å²) in [4.78, 5) is 15.0. The van der Waals surface area contributed by atoms with Gasteiger partial charge in [0.25, 0.3) is 5.91 Å². The van der Waals surface area contributed by atoms with Crippen molar-refractivity contribution in [3.8, 4) is 11.5 Å². The first-order chi connectivity index (χ1) is 12.7. The van der Waals surface area contributed by atoms with Crippen molar-refractivity contribution in [3.05, 3.63) is 53.6 Å². The van der Waals surface area contributed by atoms with Gasteiger partial charge in [0.05, 0.1) is 18.8 Å². The summed E-state index contributed by atoms with van der Waals surface area (Å²) >= 11 is 0. The zero-order valence-corrected chi connectivity index (χ0v) is 14.6. The van der Waals surface area contributed by atoms with E-state index in [1.54, 1.807) is 18.2 Å². The lowest BCUT2D eigenvalue weighted by Crippen LogP contribution is -2.46. The second kappa shape index (κ2) is 6.88. The van der Waals surface area contributed by atoms with Gasteiger partial charge in [-0.25, -0.2) is 0 Å². The summed E-state index contributed by atoms with van der Waals surface area (Å²) in [5.74, 6) is 0.434. The van der Waals surface area contributed by atoms with E-state index >= 15 is 0 Å². The number of hydrogen-bond acceptors (Lipinski definition) is 5. The summed E-state index contributed by atoms with van der Waals surface area (Å²) in [6.45, 7) is 1.27. The first kappa shape index (κ1) is 16.7. The van der Waals surface area contributed by atoms with Crippen molar-refractivity contribution < 1.29 is 19.4 Å². The minimum atomic E-state index is -0.351. The Morgan fingerprint density at radius 2 is 2.15 bits per heavy atom. The average Bonchev–Trinajstić information content (AvgIpc) is 3.18. The summed E-state index contributed by atoms with van der Waals surface area (Å²) in [7, 11) is 1.51. The van der Waals surface area contributed by atoms with E-state index in [2.05, 4.69) is 5.32 Å². The number of methoxy groups -OCH3 is 1. The van der Waals surface area contributed by atoms with Crippen molar-refractivity contribution in [2.45, 2.75) is 25.1 Å². The topological polar surface area (TPSA) is 71.0 Å². The van der Waals surface area contributed by atoms with Gasteiger partial charge in [-0.15, -0.1) is 0 Å². The fourth-order valence-electron chi connectivity index (χ4n) is 3.62. The highest BCUT2D eigenvalue weighted by molar-refractivity contribution is 6.01. The quantitative estimate of drug-likeness (QED) is 0.883. The molecule has 0 unspecified atom stereocenters. The molecule has 1 saturated heterocycles. The highest BCUT2D eigenvalue weighted by Gasteiger charge is 2.35. The number of carbonyl (C=O) groups is 1. The van der Waals surface area contributed by atoms with Crippen LogP contribution in [-0.2, 0) is 4.74 Å². The van der Waals surface area contributed by atoms with Gasteiger partial charge in [-0.1, -0.05) is 18.2 Å². The van der Waals surface area contributed by atoms with E-state index in [1.807, 2.05) is 29.2 Å². The number of fused-ring (bicyclic) bond motifs is 1. The van der Waals surface area contributed by atoms with E-state index < -0.39 is 0 Å². The number of para-hydroxylation sites is 1. The lowest BCUT2D eigenvalue weighted by Gasteiger charge is -2.39. The number of nitrogens with one attached hydrogen (secondary N) is 1. The average molecular weight is 354 g/mol. The number of carbonyl (C=O) groups excluding carboxylic acids is 1. The Hall–Kier alpha value is -2.73. The second-order valence-corrected chi connectivity index (χ2v) is 6.62. The molecule has 4 rings (SSSR count). The monoisotopic (exact) mass is 354 g/mol. The molecule has 2 N–H and O–H groups in total. The van der Waals surface area contributed by atoms with Crippen LogP contribution in [0.5, 0.6) is 11.5 Å². The number of phenols is 1. The summed E-state index contributed by atoms with van der Waals surface area (Å²) < 4.78 is 11.0. The third kappa shape index (κ3) is 2.97. The van der Waals surface area contributed by atoms with Crippen LogP contribution >= 0.6 is 0 Å². The highest BCUT2D eigenvalue weighted by Crippen LogP contribution is 2.37. The van der Waals surface area contributed by atoms with Crippen molar-refractivity contribution in [3.63, 3.8) is 0 Å². The first-order valence-corrected chi connectivity index (χ1v) is 8.82. The molecule has 2 aromatic carbocycles. The molecule has 6 nitrogen and oxygen atoms in total. The van der Waals surface area contributed by atoms with Crippen LogP contribution in [0.3, 0.4) is 0 Å². The molecule has 2 aromatic rings. The Balaban J connectivity index is 1.72. The molecule has 2 aliphatic heterocycles. The Morgan fingerprint density at radius 1 is 1.31 bits per heavy atom. The number of phenolic OH excluding ortho intramolecular Hbond substituents is 1. The second-order valence-electron chi connectivity index (χ2n) is 6.62. The fraction of sp³-hybridized carbons (Fsp3) is 0.350. The molecule has 0 saturated carbocycles. The van der Waals surface area contributed by atoms with Gasteiger partial charge in [0, 0.05) is 18.8 Å². The summed E-state index contributed by atoms with van der Waals surface area (Å²) in [6.07, 6.45) is 1.68. The molecule has 6 heteroatoms. The first-order valence-electron chi connectivity index (χ1n) is 8.82. The lowest BCUT2D eigenvalue weighted by molar-refractivity contribution is 0.0426. The van der Waals surface area contributed by atoms with Crippen LogP contribution < -0.4 is 10.1 Å². The maximum Gasteiger partial charge on any atom is 0.257 e. The van der Waals surface area contributed by atoms with Crippen molar-refractivity contribution in [2.24, 2.45) is 0 Å². The van der Waals surface area contributed by atoms with Crippen LogP contribution in [0.2, 0.25) is 0 Å². The molecular weight excluding hydrogens is 332 g/mol. The molecule has 0 radical (unpaired) electrons. The van der Waals surface area contributed by atoms with Gasteiger partial charge >= 0.3 is 0 Å². The maximum atomic E-state index is 13.2. The fourth-order valence-corrected chi connectivity index (χ4v) is 3.62. The van der Waals surface area contributed by atoms with Crippen molar-refractivity contribution in [2.75, 3.05) is 25.6 Å². The molecule has 0 spiro atoms. The number of aromatic hydroxyl groups is 1. The molecule has 2 atom stereocenters. The summed E-state index contributed by atoms with van der Waals surface area (Å²) in [6, 6.07) is 12.7. The standard InChI is InChI=1S/C20H22N2O4/c1-25-18-11-13(8-9-17(18)23)19-21-16-7-3-2-6-15(16)20(24)22(19)12-14-5-4-10-26-14/h2-3,6-9,11,14,19,21,23H,4-5,10,12H2,1H3/t14-,19+/m0/s1. The Kier molecular flexibility index (Phi) is 4.42. The molecule has 1 fully saturated rings. The molecule has 0 aliphatic carbocycles. The van der Waals surface area contributed by atoms with Crippen molar-refractivity contribution in [1.82, 2.24) is 4.90 Å². The molecule has 1 amide bonds. The van der Waals surface area contributed by atoms with Crippen LogP contribution in [0.4, 0.5) is 5.69 Å². The van der Waals surface area contributed by atoms with E-state index in [1.165, 1.54) is 7.11 Å². The van der Waals surface area contributed by atoms with Crippen LogP contribution in [0.15, 0.2) is 42.5 Å². The molecule has 136 valence electrons. The molecule has 26 heavy (non-hydrogen) atoms. The van der Waals surface area contributed by atoms with E-state index in [0.29, 0.717) is 17.9 Å². The number of ether oxygens (including phenoxy) is 2. The molecule has 2 heterocycles. The maximum absolute atomic E-state index is 13.2. The van der Waals surface area contributed by atoms with Gasteiger partial charge in [-0.2, -0.15) is 0 Å². The van der Waals surface area contributed by atoms with Crippen LogP contribution in [0.25, 0.3) is 0 Å². The number of benzene rings is 2. The Bertz CT molecular complexity index is 817. The molecule has 2 aliphatic rings. The lowest BCUT2D eigenvalue weighted by atomic mass is 10.0. The predicted molar refractivity (Wildman–Crippen MR) is 97.5 cm³/mol. The van der Waals surface area contributed by atoms with E-state index in [4.69, 9.17) is 9.47 Å². The molecule has 0 bridgehead atoms. The minimum Gasteiger partial charge on any atom is -0.504 e. The number of rotatable bonds is 4. The van der Waals surface area contributed by atoms with E-state index in [9.17, 15) is 9.90 Å². The van der Waals surface area contributed by atoms with Crippen molar-refractivity contribution >= 4 is 11.6 Å². The van der Waals surface area contributed by atoms with Crippen LogP contribution in [-0.4, -0.2) is 42.3 Å². The van der Waals surface area contributed by atoms with Crippen molar-refractivity contribution in [1.29, 1.82) is 0 Å². The number of hydrogen-bond donors (Lipinski definition) is 2. The van der Waals surface area contributed by atoms with Gasteiger partial charge in [0.2, 0.25) is 0 Å². The van der Waals surface area contributed by atoms with Gasteiger partial charge in [0.15, 0.2) is 11.5 Å². The van der Waals surface area contributed by atoms with Gasteiger partial charge in [0.1, 0.15) is 6.17 Å². The normalized spacial score (nSPS) is 22.0. The largest absolute Gasteiger partial charge is 0.504 e. The third-order valence-corrected chi connectivity index (χ3v) is 4.97. The van der Waals surface area contributed by atoms with E-state index in [0.717, 1.165) is 30.7 Å². The SMILES string of the molecule is COc1cc([C@@H]2Nc3ccccc3C(=O)N2C[C@@H]2CCCO2)ccc1O. The number of amides is 1. The number of anilines is 1. The van der Waals surface area contributed by atoms with Crippen LogP contribution in [0, 0.1) is 0 Å². The van der Waals surface area contributed by atoms with Crippen LogP contribution in [0.1, 0.15) is 34.9 Å².